The Morgan fingerprint density at radius 1 is 1.41 bits per heavy atom. The van der Waals surface area contributed by atoms with Gasteiger partial charge in [-0.15, -0.1) is 0 Å². The van der Waals surface area contributed by atoms with Crippen LogP contribution in [0.25, 0.3) is 0 Å². The number of hydrogen-bond acceptors (Lipinski definition) is 3. The second kappa shape index (κ2) is 6.25. The molecular formula is C13H20N2O2. The van der Waals surface area contributed by atoms with Crippen molar-refractivity contribution < 1.29 is 9.53 Å². The number of para-hydroxylation sites is 1. The van der Waals surface area contributed by atoms with Crippen molar-refractivity contribution in [1.82, 2.24) is 4.90 Å². The fraction of sp³-hybridized carbons (Fsp3) is 0.462. The maximum Gasteiger partial charge on any atom is 0.248 e. The lowest BCUT2D eigenvalue weighted by Gasteiger charge is -2.19. The van der Waals surface area contributed by atoms with Gasteiger partial charge in [-0.1, -0.05) is 18.2 Å². The number of anilines is 1. The van der Waals surface area contributed by atoms with Crippen molar-refractivity contribution in [3.05, 3.63) is 29.8 Å². The number of benzene rings is 1. The Balaban J connectivity index is 2.51. The molecule has 0 unspecified atom stereocenters. The molecule has 0 aliphatic heterocycles. The number of hydrogen-bond donors (Lipinski definition) is 1. The first-order valence-electron chi connectivity index (χ1n) is 5.69. The molecule has 2 N–H and O–H groups in total. The maximum absolute atomic E-state index is 11.7. The van der Waals surface area contributed by atoms with Crippen LogP contribution in [0.3, 0.4) is 0 Å². The summed E-state index contributed by atoms with van der Waals surface area (Å²) in [5.41, 5.74) is 7.48. The highest BCUT2D eigenvalue weighted by molar-refractivity contribution is 5.77. The third-order valence-electron chi connectivity index (χ3n) is 2.43. The first-order valence-corrected chi connectivity index (χ1v) is 5.69. The number of nitrogen functional groups attached to an aromatic ring is 1. The average Bonchev–Trinajstić information content (AvgIpc) is 2.28. The molecule has 4 nitrogen and oxygen atoms in total. The van der Waals surface area contributed by atoms with E-state index in [1.54, 1.807) is 11.9 Å². The van der Waals surface area contributed by atoms with Crippen LogP contribution in [0.2, 0.25) is 0 Å². The van der Waals surface area contributed by atoms with E-state index < -0.39 is 0 Å². The lowest BCUT2D eigenvalue weighted by Crippen LogP contribution is -2.31. The van der Waals surface area contributed by atoms with Gasteiger partial charge in [-0.2, -0.15) is 0 Å². The SMILES string of the molecule is CC(C)OCC(=O)N(C)Cc1ccccc1N. The van der Waals surface area contributed by atoms with Crippen LogP contribution in [0, 0.1) is 0 Å². The molecule has 0 saturated heterocycles. The van der Waals surface area contributed by atoms with Gasteiger partial charge in [0.2, 0.25) is 5.91 Å². The maximum atomic E-state index is 11.7. The minimum Gasteiger partial charge on any atom is -0.398 e. The highest BCUT2D eigenvalue weighted by atomic mass is 16.5. The molecule has 0 saturated carbocycles. The molecule has 0 aliphatic carbocycles. The van der Waals surface area contributed by atoms with Gasteiger partial charge in [0.1, 0.15) is 6.61 Å². The molecular weight excluding hydrogens is 216 g/mol. The quantitative estimate of drug-likeness (QED) is 0.791. The molecule has 0 aliphatic rings. The zero-order chi connectivity index (χ0) is 12.8. The normalized spacial score (nSPS) is 10.6. The molecule has 0 atom stereocenters. The van der Waals surface area contributed by atoms with Crippen LogP contribution in [0.4, 0.5) is 5.69 Å². The van der Waals surface area contributed by atoms with Crippen LogP contribution in [-0.4, -0.2) is 30.6 Å². The summed E-state index contributed by atoms with van der Waals surface area (Å²) in [6.07, 6.45) is 0.0640. The number of carbonyl (C=O) groups is 1. The van der Waals surface area contributed by atoms with E-state index in [-0.39, 0.29) is 18.6 Å². The molecule has 4 heteroatoms. The lowest BCUT2D eigenvalue weighted by molar-refractivity contribution is -0.136. The predicted octanol–water partition coefficient (Wildman–Crippen LogP) is 1.65. The topological polar surface area (TPSA) is 55.6 Å². The molecule has 0 fully saturated rings. The molecule has 17 heavy (non-hydrogen) atoms. The second-order valence-electron chi connectivity index (χ2n) is 4.31. The van der Waals surface area contributed by atoms with Crippen molar-refractivity contribution in [2.24, 2.45) is 0 Å². The zero-order valence-electron chi connectivity index (χ0n) is 10.6. The minimum absolute atomic E-state index is 0.0399. The Morgan fingerprint density at radius 3 is 2.65 bits per heavy atom. The summed E-state index contributed by atoms with van der Waals surface area (Å²) >= 11 is 0. The van der Waals surface area contributed by atoms with Gasteiger partial charge in [-0.05, 0) is 25.5 Å². The number of likely N-dealkylation sites (N-methyl/N-ethyl adjacent to an activating group) is 1. The fourth-order valence-corrected chi connectivity index (χ4v) is 1.37. The Morgan fingerprint density at radius 2 is 2.06 bits per heavy atom. The van der Waals surface area contributed by atoms with Crippen LogP contribution in [0.1, 0.15) is 19.4 Å². The van der Waals surface area contributed by atoms with E-state index in [0.717, 1.165) is 5.56 Å². The van der Waals surface area contributed by atoms with E-state index in [1.807, 2.05) is 38.1 Å². The first-order chi connectivity index (χ1) is 8.00. The predicted molar refractivity (Wildman–Crippen MR) is 68.4 cm³/mol. The number of rotatable bonds is 5. The van der Waals surface area contributed by atoms with E-state index in [0.29, 0.717) is 12.2 Å². The fourth-order valence-electron chi connectivity index (χ4n) is 1.37. The number of nitrogens with zero attached hydrogens (tertiary/aromatic N) is 1. The van der Waals surface area contributed by atoms with Crippen molar-refractivity contribution in [2.75, 3.05) is 19.4 Å². The van der Waals surface area contributed by atoms with Gasteiger partial charge in [-0.3, -0.25) is 4.79 Å². The summed E-state index contributed by atoms with van der Waals surface area (Å²) in [5.74, 6) is -0.0399. The largest absolute Gasteiger partial charge is 0.398 e. The third-order valence-corrected chi connectivity index (χ3v) is 2.43. The van der Waals surface area contributed by atoms with Crippen molar-refractivity contribution >= 4 is 11.6 Å². The molecule has 0 bridgehead atoms. The Hall–Kier alpha value is -1.55. The van der Waals surface area contributed by atoms with E-state index in [4.69, 9.17) is 10.5 Å². The van der Waals surface area contributed by atoms with Gasteiger partial charge in [0.05, 0.1) is 6.10 Å². The van der Waals surface area contributed by atoms with Gasteiger partial charge in [0, 0.05) is 19.3 Å². The number of amides is 1. The van der Waals surface area contributed by atoms with Crippen molar-refractivity contribution in [3.63, 3.8) is 0 Å². The molecule has 1 rings (SSSR count). The van der Waals surface area contributed by atoms with Crippen molar-refractivity contribution in [2.45, 2.75) is 26.5 Å². The molecule has 1 aromatic carbocycles. The third kappa shape index (κ3) is 4.44. The molecule has 1 amide bonds. The summed E-state index contributed by atoms with van der Waals surface area (Å²) in [6.45, 7) is 4.43. The minimum atomic E-state index is -0.0399. The standard InChI is InChI=1S/C13H20N2O2/c1-10(2)17-9-13(16)15(3)8-11-6-4-5-7-12(11)14/h4-7,10H,8-9,14H2,1-3H3. The molecule has 0 spiro atoms. The summed E-state index contributed by atoms with van der Waals surface area (Å²) in [4.78, 5) is 13.3. The van der Waals surface area contributed by atoms with E-state index in [1.165, 1.54) is 0 Å². The number of carbonyl (C=O) groups excluding carboxylic acids is 1. The molecule has 94 valence electrons. The Bertz CT molecular complexity index is 377. The molecule has 0 radical (unpaired) electrons. The Kier molecular flexibility index (Phi) is 4.97. The van der Waals surface area contributed by atoms with Gasteiger partial charge >= 0.3 is 0 Å². The molecule has 0 heterocycles. The summed E-state index contributed by atoms with van der Waals surface area (Å²) < 4.78 is 5.27. The summed E-state index contributed by atoms with van der Waals surface area (Å²) in [5, 5.41) is 0. The van der Waals surface area contributed by atoms with Crippen LogP contribution in [0.15, 0.2) is 24.3 Å². The van der Waals surface area contributed by atoms with Crippen LogP contribution >= 0.6 is 0 Å². The van der Waals surface area contributed by atoms with Gasteiger partial charge in [0.25, 0.3) is 0 Å². The van der Waals surface area contributed by atoms with Crippen molar-refractivity contribution in [3.8, 4) is 0 Å². The smallest absolute Gasteiger partial charge is 0.248 e. The average molecular weight is 236 g/mol. The molecule has 0 aromatic heterocycles. The van der Waals surface area contributed by atoms with Gasteiger partial charge < -0.3 is 15.4 Å². The van der Waals surface area contributed by atoms with E-state index in [2.05, 4.69) is 0 Å². The zero-order valence-corrected chi connectivity index (χ0v) is 10.6. The Labute approximate surface area is 102 Å². The van der Waals surface area contributed by atoms with Crippen molar-refractivity contribution in [1.29, 1.82) is 0 Å². The van der Waals surface area contributed by atoms with E-state index >= 15 is 0 Å². The highest BCUT2D eigenvalue weighted by Gasteiger charge is 2.11. The summed E-state index contributed by atoms with van der Waals surface area (Å²) in [7, 11) is 1.75. The monoisotopic (exact) mass is 236 g/mol. The number of nitrogens with two attached hydrogens (primary N) is 1. The number of ether oxygens (including phenoxy) is 1. The lowest BCUT2D eigenvalue weighted by atomic mass is 10.2. The van der Waals surface area contributed by atoms with Crippen LogP contribution in [0.5, 0.6) is 0 Å². The molecule has 1 aromatic rings. The van der Waals surface area contributed by atoms with Gasteiger partial charge in [0.15, 0.2) is 0 Å². The second-order valence-corrected chi connectivity index (χ2v) is 4.31. The van der Waals surface area contributed by atoms with Crippen LogP contribution < -0.4 is 5.73 Å². The first kappa shape index (κ1) is 13.5. The van der Waals surface area contributed by atoms with Gasteiger partial charge in [-0.25, -0.2) is 0 Å². The summed E-state index contributed by atoms with van der Waals surface area (Å²) in [6, 6.07) is 7.54. The highest BCUT2D eigenvalue weighted by Crippen LogP contribution is 2.12. The van der Waals surface area contributed by atoms with Crippen LogP contribution in [-0.2, 0) is 16.1 Å². The van der Waals surface area contributed by atoms with E-state index in [9.17, 15) is 4.79 Å².